The molecule has 8 heteroatoms. The lowest BCUT2D eigenvalue weighted by Crippen LogP contribution is -2.42. The molecule has 1 atom stereocenters. The number of ether oxygens (including phenoxy) is 2. The molecular weight excluding hydrogens is 380 g/mol. The van der Waals surface area contributed by atoms with E-state index < -0.39 is 17.9 Å². The zero-order chi connectivity index (χ0) is 19.9. The average molecular weight is 402 g/mol. The number of hydrogen-bond donors (Lipinski definition) is 1. The van der Waals surface area contributed by atoms with Crippen molar-refractivity contribution in [2.45, 2.75) is 25.4 Å². The molecule has 1 aliphatic heterocycles. The summed E-state index contributed by atoms with van der Waals surface area (Å²) in [6.45, 7) is 0.472. The van der Waals surface area contributed by atoms with E-state index in [0.29, 0.717) is 24.4 Å². The van der Waals surface area contributed by atoms with Crippen LogP contribution in [0.15, 0.2) is 41.8 Å². The molecular formula is C20H22N2O5S. The van der Waals surface area contributed by atoms with Crippen molar-refractivity contribution >= 4 is 29.1 Å². The fourth-order valence-corrected chi connectivity index (χ4v) is 3.70. The van der Waals surface area contributed by atoms with Crippen LogP contribution in [0, 0.1) is 0 Å². The van der Waals surface area contributed by atoms with Crippen molar-refractivity contribution in [3.05, 3.63) is 52.2 Å². The smallest absolute Gasteiger partial charge is 0.329 e. The molecule has 1 saturated heterocycles. The summed E-state index contributed by atoms with van der Waals surface area (Å²) in [5.41, 5.74) is 0.906. The maximum absolute atomic E-state index is 12.5. The predicted molar refractivity (Wildman–Crippen MR) is 104 cm³/mol. The minimum atomic E-state index is -0.635. The molecule has 0 bridgehead atoms. The van der Waals surface area contributed by atoms with E-state index in [1.54, 1.807) is 31.4 Å². The van der Waals surface area contributed by atoms with Gasteiger partial charge in [-0.3, -0.25) is 9.59 Å². The zero-order valence-electron chi connectivity index (χ0n) is 15.6. The lowest BCUT2D eigenvalue weighted by atomic mass is 10.2. The van der Waals surface area contributed by atoms with Crippen LogP contribution in [0.4, 0.5) is 0 Å². The van der Waals surface area contributed by atoms with Crippen LogP contribution < -0.4 is 10.1 Å². The van der Waals surface area contributed by atoms with Crippen molar-refractivity contribution in [1.82, 2.24) is 10.2 Å². The number of carbonyl (C=O) groups is 3. The van der Waals surface area contributed by atoms with Crippen molar-refractivity contribution < 1.29 is 23.9 Å². The molecule has 1 aromatic heterocycles. The second-order valence-corrected chi connectivity index (χ2v) is 7.31. The van der Waals surface area contributed by atoms with Crippen LogP contribution in [-0.2, 0) is 20.9 Å². The summed E-state index contributed by atoms with van der Waals surface area (Å²) in [6.07, 6.45) is 1.28. The largest absolute Gasteiger partial charge is 0.497 e. The molecule has 0 radical (unpaired) electrons. The van der Waals surface area contributed by atoms with Gasteiger partial charge in [0.15, 0.2) is 6.61 Å². The predicted octanol–water partition coefficient (Wildman–Crippen LogP) is 2.22. The maximum Gasteiger partial charge on any atom is 0.329 e. The molecule has 1 fully saturated rings. The monoisotopic (exact) mass is 402 g/mol. The highest BCUT2D eigenvalue weighted by atomic mass is 32.1. The quantitative estimate of drug-likeness (QED) is 0.718. The Kier molecular flexibility index (Phi) is 6.65. The van der Waals surface area contributed by atoms with Gasteiger partial charge in [0.25, 0.3) is 11.8 Å². The van der Waals surface area contributed by atoms with Crippen molar-refractivity contribution in [1.29, 1.82) is 0 Å². The van der Waals surface area contributed by atoms with Gasteiger partial charge in [0.2, 0.25) is 0 Å². The first-order valence-electron chi connectivity index (χ1n) is 8.99. The number of likely N-dealkylation sites (tertiary alicyclic amines) is 1. The third-order valence-electron chi connectivity index (χ3n) is 4.51. The SMILES string of the molecule is COc1ccc(CNC(=O)COC(=O)[C@@H]2CCCN2C(=O)c2cccs2)cc1. The lowest BCUT2D eigenvalue weighted by Gasteiger charge is -2.22. The third kappa shape index (κ3) is 4.89. The van der Waals surface area contributed by atoms with Crippen molar-refractivity contribution in [3.8, 4) is 5.75 Å². The van der Waals surface area contributed by atoms with Crippen LogP contribution >= 0.6 is 11.3 Å². The molecule has 3 rings (SSSR count). The second kappa shape index (κ2) is 9.36. The molecule has 2 heterocycles. The number of benzene rings is 1. The number of nitrogens with one attached hydrogen (secondary N) is 1. The van der Waals surface area contributed by atoms with Gasteiger partial charge in [-0.15, -0.1) is 11.3 Å². The highest BCUT2D eigenvalue weighted by Crippen LogP contribution is 2.23. The Bertz CT molecular complexity index is 820. The minimum absolute atomic E-state index is 0.168. The van der Waals surface area contributed by atoms with Crippen LogP contribution in [0.25, 0.3) is 0 Å². The maximum atomic E-state index is 12.5. The van der Waals surface area contributed by atoms with Crippen LogP contribution in [-0.4, -0.2) is 49.0 Å². The van der Waals surface area contributed by atoms with E-state index in [9.17, 15) is 14.4 Å². The van der Waals surface area contributed by atoms with E-state index in [-0.39, 0.29) is 12.5 Å². The summed E-state index contributed by atoms with van der Waals surface area (Å²) >= 11 is 1.34. The zero-order valence-corrected chi connectivity index (χ0v) is 16.4. The van der Waals surface area contributed by atoms with Crippen LogP contribution in [0.3, 0.4) is 0 Å². The Balaban J connectivity index is 1.46. The molecule has 2 amide bonds. The van der Waals surface area contributed by atoms with Crippen molar-refractivity contribution in [3.63, 3.8) is 0 Å². The fourth-order valence-electron chi connectivity index (χ4n) is 3.02. The summed E-state index contributed by atoms with van der Waals surface area (Å²) in [7, 11) is 1.59. The molecule has 148 valence electrons. The lowest BCUT2D eigenvalue weighted by molar-refractivity contribution is -0.152. The number of amides is 2. The normalized spacial score (nSPS) is 15.9. The van der Waals surface area contributed by atoms with E-state index in [1.807, 2.05) is 17.5 Å². The van der Waals surface area contributed by atoms with Gasteiger partial charge in [-0.1, -0.05) is 18.2 Å². The summed E-state index contributed by atoms with van der Waals surface area (Å²) in [5.74, 6) is -0.360. The Morgan fingerprint density at radius 2 is 2.00 bits per heavy atom. The molecule has 1 aromatic carbocycles. The van der Waals surface area contributed by atoms with E-state index in [1.165, 1.54) is 16.2 Å². The van der Waals surface area contributed by atoms with Crippen LogP contribution in [0.2, 0.25) is 0 Å². The molecule has 28 heavy (non-hydrogen) atoms. The first kappa shape index (κ1) is 19.9. The minimum Gasteiger partial charge on any atom is -0.497 e. The highest BCUT2D eigenvalue weighted by molar-refractivity contribution is 7.12. The number of hydrogen-bond acceptors (Lipinski definition) is 6. The number of esters is 1. The Morgan fingerprint density at radius 1 is 1.21 bits per heavy atom. The van der Waals surface area contributed by atoms with Gasteiger partial charge in [-0.2, -0.15) is 0 Å². The van der Waals surface area contributed by atoms with Gasteiger partial charge in [0.1, 0.15) is 11.8 Å². The molecule has 0 spiro atoms. The first-order valence-corrected chi connectivity index (χ1v) is 9.87. The molecule has 7 nitrogen and oxygen atoms in total. The number of nitrogens with zero attached hydrogens (tertiary/aromatic N) is 1. The summed E-state index contributed by atoms with van der Waals surface area (Å²) in [6, 6.07) is 10.2. The van der Waals surface area contributed by atoms with Crippen LogP contribution in [0.5, 0.6) is 5.75 Å². The number of thiophene rings is 1. The van der Waals surface area contributed by atoms with E-state index >= 15 is 0 Å². The molecule has 1 N–H and O–H groups in total. The molecule has 0 unspecified atom stereocenters. The van der Waals surface area contributed by atoms with Gasteiger partial charge < -0.3 is 19.7 Å². The molecule has 1 aliphatic rings. The van der Waals surface area contributed by atoms with Crippen LogP contribution in [0.1, 0.15) is 28.1 Å². The molecule has 0 aliphatic carbocycles. The molecule has 2 aromatic rings. The number of methoxy groups -OCH3 is 1. The summed E-state index contributed by atoms with van der Waals surface area (Å²) in [4.78, 5) is 39.0. The average Bonchev–Trinajstić information content (AvgIpc) is 3.42. The summed E-state index contributed by atoms with van der Waals surface area (Å²) in [5, 5.41) is 4.53. The van der Waals surface area contributed by atoms with E-state index in [2.05, 4.69) is 5.32 Å². The topological polar surface area (TPSA) is 84.9 Å². The second-order valence-electron chi connectivity index (χ2n) is 6.37. The van der Waals surface area contributed by atoms with Crippen molar-refractivity contribution in [2.24, 2.45) is 0 Å². The van der Waals surface area contributed by atoms with Crippen molar-refractivity contribution in [2.75, 3.05) is 20.3 Å². The van der Waals surface area contributed by atoms with Gasteiger partial charge in [0, 0.05) is 13.1 Å². The third-order valence-corrected chi connectivity index (χ3v) is 5.37. The first-order chi connectivity index (χ1) is 13.6. The Hall–Kier alpha value is -2.87. The van der Waals surface area contributed by atoms with Gasteiger partial charge in [0.05, 0.1) is 12.0 Å². The van der Waals surface area contributed by atoms with Gasteiger partial charge in [-0.05, 0) is 42.0 Å². The van der Waals surface area contributed by atoms with Gasteiger partial charge >= 0.3 is 5.97 Å². The van der Waals surface area contributed by atoms with E-state index in [4.69, 9.17) is 9.47 Å². The standard InChI is InChI=1S/C20H22N2O5S/c1-26-15-8-6-14(7-9-15)12-21-18(23)13-27-20(25)16-4-2-10-22(16)19(24)17-5-3-11-28-17/h3,5-9,11,16H,2,4,10,12-13H2,1H3,(H,21,23)/t16-/m0/s1. The molecule has 0 saturated carbocycles. The number of carbonyl (C=O) groups excluding carboxylic acids is 3. The van der Waals surface area contributed by atoms with E-state index in [0.717, 1.165) is 17.7 Å². The fraction of sp³-hybridized carbons (Fsp3) is 0.350. The number of rotatable bonds is 7. The summed E-state index contributed by atoms with van der Waals surface area (Å²) < 4.78 is 10.2. The highest BCUT2D eigenvalue weighted by Gasteiger charge is 2.36. The Labute approximate surface area is 167 Å². The Morgan fingerprint density at radius 3 is 2.68 bits per heavy atom. The van der Waals surface area contributed by atoms with Gasteiger partial charge in [-0.25, -0.2) is 4.79 Å².